The van der Waals surface area contributed by atoms with Crippen LogP contribution in [-0.4, -0.2) is 6.71 Å². The molecule has 10 rings (SSSR count). The van der Waals surface area contributed by atoms with Gasteiger partial charge in [-0.25, -0.2) is 0 Å². The topological polar surface area (TPSA) is 6.48 Å². The molecule has 0 amide bonds. The molecule has 2 nitrogen and oxygen atoms in total. The summed E-state index contributed by atoms with van der Waals surface area (Å²) < 4.78 is 0. The fraction of sp³-hybridized carbons (Fsp3) is 0.106. The van der Waals surface area contributed by atoms with E-state index in [1.165, 1.54) is 78.3 Å². The molecule has 0 bridgehead atoms. The molecule has 7 aromatic carbocycles. The van der Waals surface area contributed by atoms with Crippen molar-refractivity contribution >= 4 is 57.2 Å². The molecular weight excluding hydrogens is 603 g/mol. The lowest BCUT2D eigenvalue weighted by Gasteiger charge is -2.51. The van der Waals surface area contributed by atoms with Gasteiger partial charge in [-0.2, -0.15) is 0 Å². The van der Waals surface area contributed by atoms with Crippen LogP contribution in [0.3, 0.4) is 0 Å². The van der Waals surface area contributed by atoms with Crippen molar-refractivity contribution in [2.24, 2.45) is 0 Å². The lowest BCUT2D eigenvalue weighted by molar-refractivity contribution is 0.641. The van der Waals surface area contributed by atoms with Gasteiger partial charge < -0.3 is 9.80 Å². The first kappa shape index (κ1) is 29.1. The molecule has 0 saturated heterocycles. The van der Waals surface area contributed by atoms with Crippen LogP contribution in [0.5, 0.6) is 0 Å². The van der Waals surface area contributed by atoms with Crippen LogP contribution in [0.1, 0.15) is 48.6 Å². The van der Waals surface area contributed by atoms with Crippen molar-refractivity contribution in [3.8, 4) is 0 Å². The molecule has 3 aliphatic heterocycles. The van der Waals surface area contributed by atoms with Crippen molar-refractivity contribution in [1.29, 1.82) is 0 Å². The Hall–Kier alpha value is -5.80. The largest absolute Gasteiger partial charge is 0.311 e. The van der Waals surface area contributed by atoms with E-state index >= 15 is 0 Å². The number of rotatable bonds is 4. The third-order valence-corrected chi connectivity index (χ3v) is 11.8. The van der Waals surface area contributed by atoms with Gasteiger partial charge in [-0.15, -0.1) is 0 Å². The van der Waals surface area contributed by atoms with Gasteiger partial charge in [-0.1, -0.05) is 147 Å². The van der Waals surface area contributed by atoms with E-state index in [2.05, 4.69) is 200 Å². The summed E-state index contributed by atoms with van der Waals surface area (Å²) >= 11 is 0. The predicted molar refractivity (Wildman–Crippen MR) is 211 cm³/mol. The maximum absolute atomic E-state index is 2.58. The maximum atomic E-state index is 2.58. The van der Waals surface area contributed by atoms with Gasteiger partial charge in [0.1, 0.15) is 0 Å². The van der Waals surface area contributed by atoms with Crippen LogP contribution in [0.25, 0.3) is 0 Å². The van der Waals surface area contributed by atoms with E-state index < -0.39 is 0 Å². The zero-order valence-electron chi connectivity index (χ0n) is 28.6. The Balaban J connectivity index is 1.32. The summed E-state index contributed by atoms with van der Waals surface area (Å²) in [6.07, 6.45) is 0. The van der Waals surface area contributed by atoms with Gasteiger partial charge in [0.05, 0.1) is 5.69 Å². The molecule has 3 heteroatoms. The van der Waals surface area contributed by atoms with Crippen molar-refractivity contribution < 1.29 is 0 Å². The van der Waals surface area contributed by atoms with E-state index in [0.29, 0.717) is 0 Å². The third kappa shape index (κ3) is 3.86. The summed E-state index contributed by atoms with van der Waals surface area (Å²) in [6.45, 7) is 7.21. The van der Waals surface area contributed by atoms with Gasteiger partial charge >= 0.3 is 0 Å². The lowest BCUT2D eigenvalue weighted by atomic mass is 9.32. The van der Waals surface area contributed by atoms with Crippen LogP contribution in [-0.2, 0) is 10.8 Å². The number of fused-ring (bicyclic) bond motifs is 7. The molecule has 0 radical (unpaired) electrons. The Morgan fingerprint density at radius 1 is 0.480 bits per heavy atom. The fourth-order valence-electron chi connectivity index (χ4n) is 9.21. The van der Waals surface area contributed by atoms with E-state index in [-0.39, 0.29) is 17.5 Å². The van der Waals surface area contributed by atoms with Gasteiger partial charge in [0, 0.05) is 39.3 Å². The highest BCUT2D eigenvalue weighted by molar-refractivity contribution is 7.00. The van der Waals surface area contributed by atoms with Crippen LogP contribution in [0.2, 0.25) is 0 Å². The monoisotopic (exact) mass is 640 g/mol. The molecule has 0 saturated carbocycles. The van der Waals surface area contributed by atoms with Gasteiger partial charge in [0.25, 0.3) is 6.71 Å². The van der Waals surface area contributed by atoms with E-state index in [1.807, 2.05) is 0 Å². The van der Waals surface area contributed by atoms with Crippen molar-refractivity contribution in [2.45, 2.75) is 31.6 Å². The first-order chi connectivity index (χ1) is 24.5. The summed E-state index contributed by atoms with van der Waals surface area (Å²) in [5, 5.41) is 0. The molecule has 0 spiro atoms. The highest BCUT2D eigenvalue weighted by Gasteiger charge is 2.50. The van der Waals surface area contributed by atoms with Crippen LogP contribution in [0.15, 0.2) is 170 Å². The molecule has 0 aromatic heterocycles. The predicted octanol–water partition coefficient (Wildman–Crippen LogP) is 9.76. The first-order valence-corrected chi connectivity index (χ1v) is 17.7. The van der Waals surface area contributed by atoms with Crippen LogP contribution >= 0.6 is 0 Å². The molecule has 238 valence electrons. The van der Waals surface area contributed by atoms with Crippen molar-refractivity contribution in [3.05, 3.63) is 198 Å². The van der Waals surface area contributed by atoms with E-state index in [4.69, 9.17) is 0 Å². The number of hydrogen-bond donors (Lipinski definition) is 0. The maximum Gasteiger partial charge on any atom is 0.252 e. The number of nitrogens with zero attached hydrogens (tertiary/aromatic N) is 2. The second-order valence-electron chi connectivity index (χ2n) is 14.7. The van der Waals surface area contributed by atoms with Crippen LogP contribution in [0.4, 0.5) is 34.1 Å². The zero-order valence-corrected chi connectivity index (χ0v) is 28.6. The summed E-state index contributed by atoms with van der Waals surface area (Å²) in [5.41, 5.74) is 17.7. The first-order valence-electron chi connectivity index (χ1n) is 17.7. The average molecular weight is 641 g/mol. The van der Waals surface area contributed by atoms with Crippen molar-refractivity contribution in [1.82, 2.24) is 0 Å². The average Bonchev–Trinajstić information content (AvgIpc) is 3.18. The Bertz CT molecular complexity index is 2440. The minimum absolute atomic E-state index is 0.0687. The zero-order chi connectivity index (χ0) is 33.6. The Morgan fingerprint density at radius 3 is 1.84 bits per heavy atom. The van der Waals surface area contributed by atoms with E-state index in [0.717, 1.165) is 0 Å². The fourth-order valence-corrected chi connectivity index (χ4v) is 9.21. The standard InChI is InChI=1S/C47H37BN2/c1-46(2,32-17-7-4-8-18-32)34-27-29-42-39(31-34)48-38-24-14-16-26-41(38)50-40-25-15-13-23-36(40)47(3,33-19-9-5-10-20-33)37-28-30-43(44(48)45(37)50)49(42)35-21-11-6-12-22-35/h4-31H,1-3H3. The molecule has 0 aliphatic carbocycles. The van der Waals surface area contributed by atoms with Gasteiger partial charge in [0.2, 0.25) is 0 Å². The number of benzene rings is 7. The van der Waals surface area contributed by atoms with E-state index in [1.54, 1.807) is 0 Å². The van der Waals surface area contributed by atoms with Gasteiger partial charge in [0.15, 0.2) is 0 Å². The second kappa shape index (κ2) is 10.6. The highest BCUT2D eigenvalue weighted by atomic mass is 15.2. The number of anilines is 6. The normalized spacial score (nSPS) is 16.7. The Morgan fingerprint density at radius 2 is 1.08 bits per heavy atom. The van der Waals surface area contributed by atoms with Crippen molar-refractivity contribution in [2.75, 3.05) is 9.80 Å². The highest BCUT2D eigenvalue weighted by Crippen LogP contribution is 2.56. The molecular formula is C47H37BN2. The Labute approximate surface area is 295 Å². The van der Waals surface area contributed by atoms with E-state index in [9.17, 15) is 0 Å². The third-order valence-electron chi connectivity index (χ3n) is 11.8. The quantitative estimate of drug-likeness (QED) is 0.177. The summed E-state index contributed by atoms with van der Waals surface area (Å²) in [7, 11) is 0. The number of hydrogen-bond acceptors (Lipinski definition) is 2. The Kier molecular flexibility index (Phi) is 6.18. The second-order valence-corrected chi connectivity index (χ2v) is 14.7. The molecule has 50 heavy (non-hydrogen) atoms. The summed E-state index contributed by atoms with van der Waals surface area (Å²) in [5.74, 6) is 0. The smallest absolute Gasteiger partial charge is 0.252 e. The van der Waals surface area contributed by atoms with Crippen LogP contribution in [0, 0.1) is 0 Å². The molecule has 7 aromatic rings. The van der Waals surface area contributed by atoms with Crippen LogP contribution < -0.4 is 26.2 Å². The molecule has 0 fully saturated rings. The SMILES string of the molecule is CC(C)(c1ccccc1)c1ccc2c(c1)B1c3ccccc3N3c4ccccc4C(C)(c4ccccc4)c4ccc(c1c43)N2c1ccccc1. The lowest BCUT2D eigenvalue weighted by Crippen LogP contribution is -2.62. The molecule has 0 N–H and O–H groups in total. The minimum Gasteiger partial charge on any atom is -0.311 e. The minimum atomic E-state index is -0.343. The van der Waals surface area contributed by atoms with Crippen molar-refractivity contribution in [3.63, 3.8) is 0 Å². The molecule has 1 atom stereocenters. The molecule has 3 heterocycles. The summed E-state index contributed by atoms with van der Waals surface area (Å²) in [6, 6.07) is 63.2. The van der Waals surface area contributed by atoms with Gasteiger partial charge in [-0.05, 0) is 87.5 Å². The number of para-hydroxylation sites is 3. The summed E-state index contributed by atoms with van der Waals surface area (Å²) in [4.78, 5) is 5.08. The molecule has 3 aliphatic rings. The van der Waals surface area contributed by atoms with Gasteiger partial charge in [-0.3, -0.25) is 0 Å². The molecule has 1 unspecified atom stereocenters.